The van der Waals surface area contributed by atoms with E-state index in [9.17, 15) is 10.1 Å². The predicted octanol–water partition coefficient (Wildman–Crippen LogP) is 4.23. The summed E-state index contributed by atoms with van der Waals surface area (Å²) in [6, 6.07) is 5.15. The topological polar surface area (TPSA) is 64.4 Å². The van der Waals surface area contributed by atoms with Gasteiger partial charge in [0.15, 0.2) is 5.75 Å². The van der Waals surface area contributed by atoms with Gasteiger partial charge in [-0.05, 0) is 31.9 Å². The van der Waals surface area contributed by atoms with Crippen molar-refractivity contribution in [1.29, 1.82) is 0 Å². The number of anilines is 1. The van der Waals surface area contributed by atoms with Crippen molar-refractivity contribution in [2.75, 3.05) is 11.9 Å². The number of benzene rings is 1. The lowest BCUT2D eigenvalue weighted by Gasteiger charge is -2.16. The van der Waals surface area contributed by atoms with Gasteiger partial charge in [0.25, 0.3) is 0 Å². The fourth-order valence-corrected chi connectivity index (χ4v) is 2.03. The van der Waals surface area contributed by atoms with Gasteiger partial charge in [0, 0.05) is 6.54 Å². The van der Waals surface area contributed by atoms with Crippen molar-refractivity contribution in [1.82, 2.24) is 0 Å². The van der Waals surface area contributed by atoms with Gasteiger partial charge in [-0.1, -0.05) is 32.8 Å². The quantitative estimate of drug-likeness (QED) is 0.571. The van der Waals surface area contributed by atoms with Gasteiger partial charge in [0.05, 0.1) is 11.0 Å². The molecule has 0 fully saturated rings. The first-order valence-corrected chi connectivity index (χ1v) is 7.17. The first-order valence-electron chi connectivity index (χ1n) is 7.17. The molecule has 0 aliphatic carbocycles. The van der Waals surface area contributed by atoms with Crippen LogP contribution in [-0.2, 0) is 0 Å². The maximum atomic E-state index is 11.3. The van der Waals surface area contributed by atoms with Gasteiger partial charge in [-0.3, -0.25) is 10.1 Å². The molecule has 0 heterocycles. The zero-order chi connectivity index (χ0) is 15.1. The Labute approximate surface area is 120 Å². The fraction of sp³-hybridized carbons (Fsp3) is 0.600. The van der Waals surface area contributed by atoms with E-state index in [0.29, 0.717) is 17.4 Å². The van der Waals surface area contributed by atoms with Gasteiger partial charge in [0.1, 0.15) is 5.69 Å². The predicted molar refractivity (Wildman–Crippen MR) is 81.4 cm³/mol. The van der Waals surface area contributed by atoms with E-state index in [-0.39, 0.29) is 16.7 Å². The van der Waals surface area contributed by atoms with Crippen LogP contribution in [0.2, 0.25) is 0 Å². The minimum Gasteiger partial charge on any atom is -0.484 e. The number of para-hydroxylation sites is 1. The molecule has 1 rings (SSSR count). The van der Waals surface area contributed by atoms with Crippen molar-refractivity contribution in [3.05, 3.63) is 28.3 Å². The summed E-state index contributed by atoms with van der Waals surface area (Å²) in [5.74, 6) is 0.837. The van der Waals surface area contributed by atoms with Gasteiger partial charge in [-0.15, -0.1) is 0 Å². The number of nitrogens with one attached hydrogen (secondary N) is 1. The van der Waals surface area contributed by atoms with Crippen LogP contribution in [0, 0.1) is 16.0 Å². The van der Waals surface area contributed by atoms with E-state index in [1.807, 2.05) is 13.8 Å². The van der Waals surface area contributed by atoms with Crippen molar-refractivity contribution in [3.8, 4) is 5.75 Å². The van der Waals surface area contributed by atoms with Gasteiger partial charge in [0.2, 0.25) is 0 Å². The summed E-state index contributed by atoms with van der Waals surface area (Å²) in [6.07, 6.45) is 2.02. The monoisotopic (exact) mass is 280 g/mol. The second-order valence-electron chi connectivity index (χ2n) is 5.14. The van der Waals surface area contributed by atoms with Crippen molar-refractivity contribution in [3.63, 3.8) is 0 Å². The van der Waals surface area contributed by atoms with Crippen LogP contribution in [0.3, 0.4) is 0 Å². The highest BCUT2D eigenvalue weighted by atomic mass is 16.6. The van der Waals surface area contributed by atoms with Crippen LogP contribution in [-0.4, -0.2) is 17.6 Å². The van der Waals surface area contributed by atoms with Crippen LogP contribution < -0.4 is 10.1 Å². The van der Waals surface area contributed by atoms with E-state index in [1.165, 1.54) is 0 Å². The Bertz CT molecular complexity index is 443. The molecule has 0 bridgehead atoms. The standard InChI is InChI=1S/C15H24N2O3/c1-5-12(6-2)10-16-13-8-7-9-14(20-11(3)4)15(13)17(18)19/h7-9,11-12,16H,5-6,10H2,1-4H3. The van der Waals surface area contributed by atoms with E-state index in [4.69, 9.17) is 4.74 Å². The lowest BCUT2D eigenvalue weighted by molar-refractivity contribution is -0.385. The van der Waals surface area contributed by atoms with Crippen LogP contribution in [0.5, 0.6) is 5.75 Å². The van der Waals surface area contributed by atoms with Crippen molar-refractivity contribution in [2.45, 2.75) is 46.6 Å². The third-order valence-electron chi connectivity index (χ3n) is 3.28. The summed E-state index contributed by atoms with van der Waals surface area (Å²) in [5.41, 5.74) is 0.548. The summed E-state index contributed by atoms with van der Waals surface area (Å²) >= 11 is 0. The highest BCUT2D eigenvalue weighted by Crippen LogP contribution is 2.35. The van der Waals surface area contributed by atoms with Crippen molar-refractivity contribution in [2.24, 2.45) is 5.92 Å². The molecule has 0 spiro atoms. The molecule has 0 amide bonds. The number of ether oxygens (including phenoxy) is 1. The Morgan fingerprint density at radius 2 is 1.95 bits per heavy atom. The minimum absolute atomic E-state index is 0.0205. The maximum absolute atomic E-state index is 11.3. The van der Waals surface area contributed by atoms with E-state index in [0.717, 1.165) is 19.4 Å². The fourth-order valence-electron chi connectivity index (χ4n) is 2.03. The highest BCUT2D eigenvalue weighted by Gasteiger charge is 2.22. The van der Waals surface area contributed by atoms with Crippen LogP contribution in [0.15, 0.2) is 18.2 Å². The lowest BCUT2D eigenvalue weighted by Crippen LogP contribution is -2.14. The highest BCUT2D eigenvalue weighted by molar-refractivity contribution is 5.68. The average Bonchev–Trinajstić information content (AvgIpc) is 2.39. The molecule has 0 aliphatic rings. The van der Waals surface area contributed by atoms with Gasteiger partial charge in [-0.25, -0.2) is 0 Å². The van der Waals surface area contributed by atoms with E-state index >= 15 is 0 Å². The van der Waals surface area contributed by atoms with Crippen LogP contribution in [0.25, 0.3) is 0 Å². The summed E-state index contributed by atoms with van der Waals surface area (Å²) in [4.78, 5) is 10.9. The summed E-state index contributed by atoms with van der Waals surface area (Å²) < 4.78 is 5.53. The molecule has 0 saturated carbocycles. The number of nitro benzene ring substituents is 1. The molecule has 0 aliphatic heterocycles. The molecule has 5 nitrogen and oxygen atoms in total. The van der Waals surface area contributed by atoms with Crippen molar-refractivity contribution >= 4 is 11.4 Å². The number of hydrogen-bond acceptors (Lipinski definition) is 4. The first-order chi connectivity index (χ1) is 9.49. The first kappa shape index (κ1) is 16.3. The molecule has 0 aromatic heterocycles. The van der Waals surface area contributed by atoms with Crippen LogP contribution in [0.1, 0.15) is 40.5 Å². The van der Waals surface area contributed by atoms with Gasteiger partial charge in [-0.2, -0.15) is 0 Å². The summed E-state index contributed by atoms with van der Waals surface area (Å²) in [6.45, 7) is 8.70. The smallest absolute Gasteiger partial charge is 0.333 e. The Balaban J connectivity index is 2.97. The molecule has 1 aromatic carbocycles. The molecular formula is C15H24N2O3. The molecule has 0 saturated heterocycles. The maximum Gasteiger partial charge on any atom is 0.333 e. The number of nitrogens with zero attached hydrogens (tertiary/aromatic N) is 1. The Hall–Kier alpha value is -1.78. The average molecular weight is 280 g/mol. The second-order valence-corrected chi connectivity index (χ2v) is 5.14. The molecule has 112 valence electrons. The zero-order valence-corrected chi connectivity index (χ0v) is 12.7. The molecule has 0 atom stereocenters. The zero-order valence-electron chi connectivity index (χ0n) is 12.7. The molecule has 0 radical (unpaired) electrons. The van der Waals surface area contributed by atoms with E-state index < -0.39 is 0 Å². The lowest BCUT2D eigenvalue weighted by atomic mass is 10.0. The van der Waals surface area contributed by atoms with Crippen LogP contribution in [0.4, 0.5) is 11.4 Å². The van der Waals surface area contributed by atoms with Crippen molar-refractivity contribution < 1.29 is 9.66 Å². The molecule has 5 heteroatoms. The van der Waals surface area contributed by atoms with E-state index in [1.54, 1.807) is 18.2 Å². The molecular weight excluding hydrogens is 256 g/mol. The third kappa shape index (κ3) is 4.40. The number of hydrogen-bond donors (Lipinski definition) is 1. The Morgan fingerprint density at radius 3 is 2.45 bits per heavy atom. The Kier molecular flexibility index (Phi) is 6.28. The second kappa shape index (κ2) is 7.72. The molecule has 1 N–H and O–H groups in total. The SMILES string of the molecule is CCC(CC)CNc1cccc(OC(C)C)c1[N+](=O)[O-]. The summed E-state index contributed by atoms with van der Waals surface area (Å²) in [7, 11) is 0. The molecule has 0 unspecified atom stereocenters. The largest absolute Gasteiger partial charge is 0.484 e. The summed E-state index contributed by atoms with van der Waals surface area (Å²) in [5, 5.41) is 14.5. The van der Waals surface area contributed by atoms with Gasteiger partial charge >= 0.3 is 5.69 Å². The number of nitro groups is 1. The van der Waals surface area contributed by atoms with Gasteiger partial charge < -0.3 is 10.1 Å². The van der Waals surface area contributed by atoms with E-state index in [2.05, 4.69) is 19.2 Å². The normalized spacial score (nSPS) is 10.9. The van der Waals surface area contributed by atoms with Crippen LogP contribution >= 0.6 is 0 Å². The Morgan fingerprint density at radius 1 is 1.30 bits per heavy atom. The number of rotatable bonds is 8. The molecule has 20 heavy (non-hydrogen) atoms. The minimum atomic E-state index is -0.382. The third-order valence-corrected chi connectivity index (χ3v) is 3.28. The molecule has 1 aromatic rings.